The van der Waals surface area contributed by atoms with Crippen LogP contribution in [0.15, 0.2) is 41.2 Å². The van der Waals surface area contributed by atoms with E-state index in [4.69, 9.17) is 10.5 Å². The van der Waals surface area contributed by atoms with Gasteiger partial charge in [0.2, 0.25) is 6.41 Å². The number of ether oxygens (including phenoxy) is 1. The van der Waals surface area contributed by atoms with Gasteiger partial charge in [-0.2, -0.15) is 0 Å². The third-order valence-corrected chi connectivity index (χ3v) is 3.17. The smallest absolute Gasteiger partial charge is 0.214 e. The second kappa shape index (κ2) is 5.36. The first kappa shape index (κ1) is 14.1. The first-order chi connectivity index (χ1) is 9.47. The molecule has 0 saturated heterocycles. The number of carbonyl (C=O) groups excluding carboxylic acids is 1. The van der Waals surface area contributed by atoms with E-state index in [1.807, 2.05) is 45.0 Å². The molecule has 0 atom stereocenters. The number of rotatable bonds is 4. The van der Waals surface area contributed by atoms with E-state index in [-0.39, 0.29) is 0 Å². The molecule has 1 aliphatic rings. The fourth-order valence-corrected chi connectivity index (χ4v) is 2.08. The Labute approximate surface area is 118 Å². The summed E-state index contributed by atoms with van der Waals surface area (Å²) < 4.78 is 5.51. The second-order valence-corrected chi connectivity index (χ2v) is 5.04. The van der Waals surface area contributed by atoms with Crippen LogP contribution in [0.3, 0.4) is 0 Å². The number of hydrogen-bond donors (Lipinski definition) is 1. The number of amides is 1. The molecule has 1 heterocycles. The highest BCUT2D eigenvalue weighted by molar-refractivity contribution is 6.05. The molecule has 5 heteroatoms. The Morgan fingerprint density at radius 3 is 2.65 bits per heavy atom. The van der Waals surface area contributed by atoms with Crippen molar-refractivity contribution in [1.29, 1.82) is 0 Å². The second-order valence-electron chi connectivity index (χ2n) is 5.04. The lowest BCUT2D eigenvalue weighted by atomic mass is 10.0. The molecule has 0 bridgehead atoms. The Morgan fingerprint density at radius 2 is 2.10 bits per heavy atom. The lowest BCUT2D eigenvalue weighted by Crippen LogP contribution is -2.29. The normalized spacial score (nSPS) is 18.6. The maximum absolute atomic E-state index is 11.1. The van der Waals surface area contributed by atoms with E-state index in [2.05, 4.69) is 4.99 Å². The van der Waals surface area contributed by atoms with Crippen LogP contribution in [0.4, 0.5) is 11.4 Å². The number of anilines is 1. The van der Waals surface area contributed by atoms with Crippen molar-refractivity contribution in [2.75, 3.05) is 11.4 Å². The summed E-state index contributed by atoms with van der Waals surface area (Å²) in [7, 11) is 0. The van der Waals surface area contributed by atoms with E-state index >= 15 is 0 Å². The standard InChI is InChI=1S/C15H19N3O2/c1-4-18(10-19)12-8-6-5-7-11(12)17-13-9-14(16)20-15(13,2)3/h5-10H,4,16H2,1-3H3. The first-order valence-corrected chi connectivity index (χ1v) is 6.54. The van der Waals surface area contributed by atoms with Gasteiger partial charge in [-0.1, -0.05) is 12.1 Å². The summed E-state index contributed by atoms with van der Waals surface area (Å²) in [6.07, 6.45) is 2.52. The molecule has 0 saturated carbocycles. The highest BCUT2D eigenvalue weighted by Crippen LogP contribution is 2.31. The third kappa shape index (κ3) is 2.66. The third-order valence-electron chi connectivity index (χ3n) is 3.17. The molecule has 0 fully saturated rings. The minimum Gasteiger partial charge on any atom is -0.467 e. The largest absolute Gasteiger partial charge is 0.467 e. The molecular formula is C15H19N3O2. The Kier molecular flexibility index (Phi) is 3.79. The van der Waals surface area contributed by atoms with Gasteiger partial charge in [0.15, 0.2) is 5.88 Å². The molecule has 0 unspecified atom stereocenters. The number of nitrogens with two attached hydrogens (primary N) is 1. The van der Waals surface area contributed by atoms with E-state index in [1.165, 1.54) is 0 Å². The summed E-state index contributed by atoms with van der Waals surface area (Å²) in [6, 6.07) is 7.50. The maximum Gasteiger partial charge on any atom is 0.214 e. The average Bonchev–Trinajstić information content (AvgIpc) is 2.65. The summed E-state index contributed by atoms with van der Waals surface area (Å²) in [5.41, 5.74) is 7.37. The van der Waals surface area contributed by atoms with Gasteiger partial charge in [0.25, 0.3) is 0 Å². The first-order valence-electron chi connectivity index (χ1n) is 6.54. The summed E-state index contributed by atoms with van der Waals surface area (Å²) in [6.45, 7) is 6.31. The van der Waals surface area contributed by atoms with Crippen LogP contribution in [-0.2, 0) is 9.53 Å². The molecule has 1 amide bonds. The van der Waals surface area contributed by atoms with Gasteiger partial charge >= 0.3 is 0 Å². The fraction of sp³-hybridized carbons (Fsp3) is 0.333. The van der Waals surface area contributed by atoms with Crippen LogP contribution in [-0.4, -0.2) is 24.3 Å². The van der Waals surface area contributed by atoms with Gasteiger partial charge in [-0.3, -0.25) is 4.79 Å². The van der Waals surface area contributed by atoms with Gasteiger partial charge in [-0.05, 0) is 32.9 Å². The highest BCUT2D eigenvalue weighted by Gasteiger charge is 2.32. The van der Waals surface area contributed by atoms with Crippen LogP contribution in [0.5, 0.6) is 0 Å². The van der Waals surface area contributed by atoms with Gasteiger partial charge in [0, 0.05) is 12.6 Å². The maximum atomic E-state index is 11.1. The van der Waals surface area contributed by atoms with Gasteiger partial charge in [-0.25, -0.2) is 4.99 Å². The van der Waals surface area contributed by atoms with Crippen molar-refractivity contribution in [2.45, 2.75) is 26.4 Å². The molecule has 1 aromatic rings. The van der Waals surface area contributed by atoms with Crippen molar-refractivity contribution >= 4 is 23.5 Å². The lowest BCUT2D eigenvalue weighted by molar-refractivity contribution is -0.107. The van der Waals surface area contributed by atoms with Crippen LogP contribution in [0.25, 0.3) is 0 Å². The summed E-state index contributed by atoms with van der Waals surface area (Å²) >= 11 is 0. The van der Waals surface area contributed by atoms with E-state index < -0.39 is 5.60 Å². The molecule has 2 rings (SSSR count). The van der Waals surface area contributed by atoms with Crippen LogP contribution >= 0.6 is 0 Å². The molecular weight excluding hydrogens is 254 g/mol. The Hall–Kier alpha value is -2.30. The average molecular weight is 273 g/mol. The molecule has 20 heavy (non-hydrogen) atoms. The van der Waals surface area contributed by atoms with Gasteiger partial charge < -0.3 is 15.4 Å². The van der Waals surface area contributed by atoms with Crippen molar-refractivity contribution in [3.8, 4) is 0 Å². The predicted molar refractivity (Wildman–Crippen MR) is 80.1 cm³/mol. The molecule has 0 aromatic heterocycles. The van der Waals surface area contributed by atoms with Crippen LogP contribution in [0.2, 0.25) is 0 Å². The quantitative estimate of drug-likeness (QED) is 0.856. The van der Waals surface area contributed by atoms with Crippen molar-refractivity contribution in [2.24, 2.45) is 10.7 Å². The van der Waals surface area contributed by atoms with Crippen molar-refractivity contribution in [1.82, 2.24) is 0 Å². The minimum atomic E-state index is -0.560. The summed E-state index contributed by atoms with van der Waals surface area (Å²) in [5, 5.41) is 0. The number of aliphatic imine (C=N–C) groups is 1. The van der Waals surface area contributed by atoms with Crippen LogP contribution < -0.4 is 10.6 Å². The molecule has 106 valence electrons. The topological polar surface area (TPSA) is 67.9 Å². The number of hydrogen-bond acceptors (Lipinski definition) is 4. The van der Waals surface area contributed by atoms with E-state index in [1.54, 1.807) is 11.0 Å². The van der Waals surface area contributed by atoms with Crippen LogP contribution in [0, 0.1) is 0 Å². The molecule has 5 nitrogen and oxygen atoms in total. The van der Waals surface area contributed by atoms with Crippen molar-refractivity contribution < 1.29 is 9.53 Å². The zero-order chi connectivity index (χ0) is 14.8. The number of carbonyl (C=O) groups is 1. The summed E-state index contributed by atoms with van der Waals surface area (Å²) in [5.74, 6) is 0.356. The SMILES string of the molecule is CCN(C=O)c1ccccc1N=C1C=C(N)OC1(C)C. The Balaban J connectivity index is 2.47. The summed E-state index contributed by atoms with van der Waals surface area (Å²) in [4.78, 5) is 17.3. The fourth-order valence-electron chi connectivity index (χ4n) is 2.08. The number of nitrogens with zero attached hydrogens (tertiary/aromatic N) is 2. The van der Waals surface area contributed by atoms with Gasteiger partial charge in [-0.15, -0.1) is 0 Å². The van der Waals surface area contributed by atoms with E-state index in [9.17, 15) is 4.79 Å². The zero-order valence-electron chi connectivity index (χ0n) is 12.0. The van der Waals surface area contributed by atoms with Crippen LogP contribution in [0.1, 0.15) is 20.8 Å². The van der Waals surface area contributed by atoms with Gasteiger partial charge in [0.05, 0.1) is 17.1 Å². The Bertz CT molecular complexity index is 576. The molecule has 1 aromatic carbocycles. The number of benzene rings is 1. The monoisotopic (exact) mass is 273 g/mol. The van der Waals surface area contributed by atoms with Crippen molar-refractivity contribution in [3.05, 3.63) is 36.2 Å². The highest BCUT2D eigenvalue weighted by atomic mass is 16.5. The molecule has 0 radical (unpaired) electrons. The zero-order valence-corrected chi connectivity index (χ0v) is 12.0. The molecule has 1 aliphatic heterocycles. The predicted octanol–water partition coefficient (Wildman–Crippen LogP) is 2.35. The number of para-hydroxylation sites is 2. The van der Waals surface area contributed by atoms with Gasteiger partial charge in [0.1, 0.15) is 5.60 Å². The molecule has 2 N–H and O–H groups in total. The minimum absolute atomic E-state index is 0.356. The molecule has 0 spiro atoms. The molecule has 0 aliphatic carbocycles. The van der Waals surface area contributed by atoms with Crippen molar-refractivity contribution in [3.63, 3.8) is 0 Å². The lowest BCUT2D eigenvalue weighted by Gasteiger charge is -2.21. The van der Waals surface area contributed by atoms with E-state index in [0.717, 1.165) is 23.5 Å². The Morgan fingerprint density at radius 1 is 1.40 bits per heavy atom. The van der Waals surface area contributed by atoms with E-state index in [0.29, 0.717) is 12.4 Å².